The fraction of sp³-hybridized carbons (Fsp3) is 0.300. The molecule has 0 spiro atoms. The smallest absolute Gasteiger partial charge is 0.323 e. The van der Waals surface area contributed by atoms with Crippen LogP contribution in [0.3, 0.4) is 0 Å². The van der Waals surface area contributed by atoms with Crippen molar-refractivity contribution in [3.05, 3.63) is 35.1 Å². The van der Waals surface area contributed by atoms with Gasteiger partial charge in [-0.25, -0.2) is 4.39 Å². The molecule has 0 unspecified atom stereocenters. The molecule has 0 saturated carbocycles. The lowest BCUT2D eigenvalue weighted by Gasteiger charge is -2.12. The predicted molar refractivity (Wildman–Crippen MR) is 48.6 cm³/mol. The summed E-state index contributed by atoms with van der Waals surface area (Å²) in [5, 5.41) is 8.35. The highest BCUT2D eigenvalue weighted by Crippen LogP contribution is 2.32. The number of rotatable bonds is 2. The number of nitriles is 1. The van der Waals surface area contributed by atoms with Crippen LogP contribution in [0.2, 0.25) is 0 Å². The molecule has 0 amide bonds. The lowest BCUT2D eigenvalue weighted by molar-refractivity contribution is -0.140. The summed E-state index contributed by atoms with van der Waals surface area (Å²) in [5.41, 5.74) is 4.30. The first-order chi connectivity index (χ1) is 7.36. The molecule has 0 aliphatic carbocycles. The van der Waals surface area contributed by atoms with Crippen LogP contribution in [0.25, 0.3) is 0 Å². The molecule has 16 heavy (non-hydrogen) atoms. The lowest BCUT2D eigenvalue weighted by Crippen LogP contribution is -2.12. The molecular formula is C10H8F4N2. The van der Waals surface area contributed by atoms with Gasteiger partial charge in [-0.15, -0.1) is 0 Å². The van der Waals surface area contributed by atoms with Gasteiger partial charge in [0.2, 0.25) is 0 Å². The molecule has 1 atom stereocenters. The molecule has 6 heteroatoms. The van der Waals surface area contributed by atoms with Gasteiger partial charge in [0, 0.05) is 6.04 Å². The first-order valence-corrected chi connectivity index (χ1v) is 4.35. The van der Waals surface area contributed by atoms with Crippen LogP contribution >= 0.6 is 0 Å². The van der Waals surface area contributed by atoms with Crippen LogP contribution < -0.4 is 5.73 Å². The molecule has 2 nitrogen and oxygen atoms in total. The van der Waals surface area contributed by atoms with Gasteiger partial charge in [-0.1, -0.05) is 6.07 Å². The predicted octanol–water partition coefficient (Wildman–Crippen LogP) is 2.76. The van der Waals surface area contributed by atoms with Gasteiger partial charge in [-0.3, -0.25) is 0 Å². The van der Waals surface area contributed by atoms with Crippen molar-refractivity contribution in [1.82, 2.24) is 0 Å². The Morgan fingerprint density at radius 2 is 2.00 bits per heavy atom. The molecule has 0 heterocycles. The van der Waals surface area contributed by atoms with E-state index in [2.05, 4.69) is 0 Å². The lowest BCUT2D eigenvalue weighted by atomic mass is 10.0. The number of nitrogens with zero attached hydrogens (tertiary/aromatic N) is 1. The number of benzene rings is 1. The van der Waals surface area contributed by atoms with Gasteiger partial charge in [-0.05, 0) is 17.7 Å². The summed E-state index contributed by atoms with van der Waals surface area (Å²) in [6.07, 6.45) is -4.80. The van der Waals surface area contributed by atoms with Crippen LogP contribution in [-0.2, 0) is 6.18 Å². The number of hydrogen-bond donors (Lipinski definition) is 1. The molecule has 0 fully saturated rings. The average Bonchev–Trinajstić information content (AvgIpc) is 2.16. The van der Waals surface area contributed by atoms with Gasteiger partial charge >= 0.3 is 6.18 Å². The Hall–Kier alpha value is -1.61. The van der Waals surface area contributed by atoms with E-state index in [9.17, 15) is 17.6 Å². The van der Waals surface area contributed by atoms with E-state index in [4.69, 9.17) is 11.0 Å². The summed E-state index contributed by atoms with van der Waals surface area (Å²) in [6.45, 7) is 0. The molecule has 1 rings (SSSR count). The minimum absolute atomic E-state index is 0.0786. The van der Waals surface area contributed by atoms with Crippen LogP contribution in [0.1, 0.15) is 23.6 Å². The molecule has 86 valence electrons. The standard InChI is InChI=1S/C10H8F4N2/c11-8-5-6(9(16)3-4-15)1-2-7(8)10(12,13)14/h1-2,5,9H,3,16H2/t9-/m0/s1. The SMILES string of the molecule is N#CC[C@H](N)c1ccc(C(F)(F)F)c(F)c1. The zero-order chi connectivity index (χ0) is 12.3. The second-order valence-corrected chi connectivity index (χ2v) is 3.21. The van der Waals surface area contributed by atoms with Gasteiger partial charge in [0.25, 0.3) is 0 Å². The van der Waals surface area contributed by atoms with Crippen LogP contribution in [0.4, 0.5) is 17.6 Å². The van der Waals surface area contributed by atoms with Crippen LogP contribution in [-0.4, -0.2) is 0 Å². The largest absolute Gasteiger partial charge is 0.419 e. The Bertz CT molecular complexity index is 420. The topological polar surface area (TPSA) is 49.8 Å². The van der Waals surface area contributed by atoms with Crippen molar-refractivity contribution < 1.29 is 17.6 Å². The molecule has 1 aromatic rings. The van der Waals surface area contributed by atoms with Crippen LogP contribution in [0, 0.1) is 17.1 Å². The van der Waals surface area contributed by atoms with Gasteiger partial charge < -0.3 is 5.73 Å². The third-order valence-electron chi connectivity index (χ3n) is 2.04. The van der Waals surface area contributed by atoms with Crippen molar-refractivity contribution in [2.45, 2.75) is 18.6 Å². The highest BCUT2D eigenvalue weighted by atomic mass is 19.4. The molecular weight excluding hydrogens is 224 g/mol. The summed E-state index contributed by atoms with van der Waals surface area (Å²) in [5.74, 6) is -1.38. The Morgan fingerprint density at radius 3 is 2.44 bits per heavy atom. The highest BCUT2D eigenvalue weighted by molar-refractivity contribution is 5.28. The Labute approximate surface area is 89.3 Å². The van der Waals surface area contributed by atoms with E-state index in [0.717, 1.165) is 6.07 Å². The van der Waals surface area contributed by atoms with E-state index in [1.54, 1.807) is 6.07 Å². The fourth-order valence-corrected chi connectivity index (χ4v) is 1.21. The minimum atomic E-state index is -4.72. The highest BCUT2D eigenvalue weighted by Gasteiger charge is 2.34. The Balaban J connectivity index is 3.05. The van der Waals surface area contributed by atoms with Crippen molar-refractivity contribution in [2.24, 2.45) is 5.73 Å². The van der Waals surface area contributed by atoms with Gasteiger partial charge in [0.15, 0.2) is 0 Å². The molecule has 2 N–H and O–H groups in total. The first kappa shape index (κ1) is 12.5. The van der Waals surface area contributed by atoms with Gasteiger partial charge in [-0.2, -0.15) is 18.4 Å². The molecule has 0 aliphatic rings. The van der Waals surface area contributed by atoms with E-state index in [1.807, 2.05) is 0 Å². The van der Waals surface area contributed by atoms with Crippen LogP contribution in [0.15, 0.2) is 18.2 Å². The third-order valence-corrected chi connectivity index (χ3v) is 2.04. The quantitative estimate of drug-likeness (QED) is 0.797. The van der Waals surface area contributed by atoms with Crippen molar-refractivity contribution in [3.8, 4) is 6.07 Å². The molecule has 0 radical (unpaired) electrons. The molecule has 1 aromatic carbocycles. The van der Waals surface area contributed by atoms with Crippen molar-refractivity contribution in [1.29, 1.82) is 5.26 Å². The van der Waals surface area contributed by atoms with E-state index >= 15 is 0 Å². The van der Waals surface area contributed by atoms with E-state index in [-0.39, 0.29) is 12.0 Å². The maximum atomic E-state index is 13.1. The summed E-state index contributed by atoms with van der Waals surface area (Å²) in [6, 6.07) is 3.40. The van der Waals surface area contributed by atoms with E-state index in [1.165, 1.54) is 0 Å². The van der Waals surface area contributed by atoms with Crippen LogP contribution in [0.5, 0.6) is 0 Å². The zero-order valence-corrected chi connectivity index (χ0v) is 8.05. The maximum Gasteiger partial charge on any atom is 0.419 e. The second kappa shape index (κ2) is 4.49. The number of halogens is 4. The first-order valence-electron chi connectivity index (χ1n) is 4.35. The number of hydrogen-bond acceptors (Lipinski definition) is 2. The normalized spacial score (nSPS) is 13.2. The van der Waals surface area contributed by atoms with E-state index < -0.39 is 23.6 Å². The van der Waals surface area contributed by atoms with Gasteiger partial charge in [0.1, 0.15) is 5.82 Å². The van der Waals surface area contributed by atoms with Gasteiger partial charge in [0.05, 0.1) is 18.1 Å². The summed E-state index contributed by atoms with van der Waals surface area (Å²) in [7, 11) is 0. The average molecular weight is 232 g/mol. The van der Waals surface area contributed by atoms with Crippen molar-refractivity contribution >= 4 is 0 Å². The summed E-state index contributed by atoms with van der Waals surface area (Å²) >= 11 is 0. The molecule has 0 saturated heterocycles. The Morgan fingerprint density at radius 1 is 1.38 bits per heavy atom. The monoisotopic (exact) mass is 232 g/mol. The minimum Gasteiger partial charge on any atom is -0.323 e. The number of nitrogens with two attached hydrogens (primary N) is 1. The number of alkyl halides is 3. The third kappa shape index (κ3) is 2.70. The Kier molecular flexibility index (Phi) is 3.50. The molecule has 0 aromatic heterocycles. The molecule has 0 bridgehead atoms. The zero-order valence-electron chi connectivity index (χ0n) is 8.05. The second-order valence-electron chi connectivity index (χ2n) is 3.21. The summed E-state index contributed by atoms with van der Waals surface area (Å²) < 4.78 is 49.7. The van der Waals surface area contributed by atoms with Crippen molar-refractivity contribution in [2.75, 3.05) is 0 Å². The van der Waals surface area contributed by atoms with Crippen molar-refractivity contribution in [3.63, 3.8) is 0 Å². The molecule has 0 aliphatic heterocycles. The summed E-state index contributed by atoms with van der Waals surface area (Å²) in [4.78, 5) is 0. The van der Waals surface area contributed by atoms with E-state index in [0.29, 0.717) is 12.1 Å². The fourth-order valence-electron chi connectivity index (χ4n) is 1.21. The maximum absolute atomic E-state index is 13.1.